The zero-order valence-electron chi connectivity index (χ0n) is 15.2. The summed E-state index contributed by atoms with van der Waals surface area (Å²) in [5.74, 6) is 0. The topological polar surface area (TPSA) is 34.8 Å². The first-order chi connectivity index (χ1) is 13.3. The maximum atomic E-state index is 6.36. The fourth-order valence-electron chi connectivity index (χ4n) is 3.43. The molecule has 0 aliphatic rings. The normalized spacial score (nSPS) is 11.3. The van der Waals surface area contributed by atoms with Crippen molar-refractivity contribution in [2.75, 3.05) is 6.54 Å². The van der Waals surface area contributed by atoms with Crippen LogP contribution in [0.3, 0.4) is 0 Å². The lowest BCUT2D eigenvalue weighted by Gasteiger charge is -2.07. The minimum absolute atomic E-state index is 0.779. The number of hydrogen-bond acceptors (Lipinski definition) is 2. The molecule has 2 aromatic heterocycles. The summed E-state index contributed by atoms with van der Waals surface area (Å²) in [4.78, 5) is 4.08. The number of aromatic nitrogens is 3. The third kappa shape index (κ3) is 4.24. The molecule has 0 fully saturated rings. The van der Waals surface area contributed by atoms with Gasteiger partial charge in [-0.25, -0.2) is 4.98 Å². The Morgan fingerprint density at radius 2 is 1.85 bits per heavy atom. The molecule has 0 unspecified atom stereocenters. The van der Waals surface area contributed by atoms with Crippen molar-refractivity contribution in [1.82, 2.24) is 19.4 Å². The average molecular weight is 379 g/mol. The van der Waals surface area contributed by atoms with Crippen LogP contribution in [-0.4, -0.2) is 20.7 Å². The summed E-state index contributed by atoms with van der Waals surface area (Å²) in [5, 5.41) is 5.68. The van der Waals surface area contributed by atoms with E-state index in [4.69, 9.17) is 11.6 Å². The Labute approximate surface area is 164 Å². The minimum atomic E-state index is 0.779. The number of nitrogens with zero attached hydrogens (tertiary/aromatic N) is 3. The number of halogens is 1. The molecule has 2 aromatic carbocycles. The standard InChI is InChI=1S/C22H23ClN4/c23-21-8-3-1-6-18(21)15-27-16-19(20-7-2-4-9-22(20)27)14-24-10-5-12-26-13-11-25-17-26/h1-4,6-9,11,13,16-17,24H,5,10,12,14-15H2. The monoisotopic (exact) mass is 378 g/mol. The molecule has 0 amide bonds. The zero-order chi connectivity index (χ0) is 18.5. The number of aryl methyl sites for hydroxylation is 1. The van der Waals surface area contributed by atoms with E-state index in [1.54, 1.807) is 0 Å². The van der Waals surface area contributed by atoms with E-state index in [9.17, 15) is 0 Å². The maximum absolute atomic E-state index is 6.36. The Morgan fingerprint density at radius 3 is 2.70 bits per heavy atom. The van der Waals surface area contributed by atoms with Crippen LogP contribution < -0.4 is 5.32 Å². The van der Waals surface area contributed by atoms with Gasteiger partial charge in [-0.3, -0.25) is 0 Å². The molecule has 4 aromatic rings. The van der Waals surface area contributed by atoms with Crippen LogP contribution >= 0.6 is 11.6 Å². The molecule has 27 heavy (non-hydrogen) atoms. The van der Waals surface area contributed by atoms with Gasteiger partial charge in [0.15, 0.2) is 0 Å². The van der Waals surface area contributed by atoms with Gasteiger partial charge >= 0.3 is 0 Å². The Balaban J connectivity index is 1.44. The van der Waals surface area contributed by atoms with Gasteiger partial charge in [-0.05, 0) is 36.2 Å². The van der Waals surface area contributed by atoms with E-state index in [1.807, 2.05) is 36.9 Å². The number of rotatable bonds is 8. The van der Waals surface area contributed by atoms with Crippen LogP contribution in [0.15, 0.2) is 73.4 Å². The number of imidazole rings is 1. The molecule has 4 nitrogen and oxygen atoms in total. The predicted octanol–water partition coefficient (Wildman–Crippen LogP) is 4.72. The average Bonchev–Trinajstić information content (AvgIpc) is 3.32. The molecule has 4 rings (SSSR count). The van der Waals surface area contributed by atoms with Crippen molar-refractivity contribution in [3.63, 3.8) is 0 Å². The summed E-state index contributed by atoms with van der Waals surface area (Å²) in [6.07, 6.45) is 9.01. The second-order valence-corrected chi connectivity index (χ2v) is 7.13. The fraction of sp³-hybridized carbons (Fsp3) is 0.227. The smallest absolute Gasteiger partial charge is 0.0945 e. The molecule has 0 spiro atoms. The van der Waals surface area contributed by atoms with E-state index in [2.05, 4.69) is 56.0 Å². The maximum Gasteiger partial charge on any atom is 0.0945 e. The lowest BCUT2D eigenvalue weighted by Crippen LogP contribution is -2.16. The third-order valence-corrected chi connectivity index (χ3v) is 5.18. The van der Waals surface area contributed by atoms with Crippen molar-refractivity contribution in [2.45, 2.75) is 26.1 Å². The first kappa shape index (κ1) is 17.8. The molecule has 1 N–H and O–H groups in total. The predicted molar refractivity (Wildman–Crippen MR) is 111 cm³/mol. The van der Waals surface area contributed by atoms with Crippen LogP contribution in [0.2, 0.25) is 5.02 Å². The second-order valence-electron chi connectivity index (χ2n) is 6.72. The van der Waals surface area contributed by atoms with E-state index in [1.165, 1.54) is 16.5 Å². The first-order valence-corrected chi connectivity index (χ1v) is 9.65. The van der Waals surface area contributed by atoms with Gasteiger partial charge in [-0.1, -0.05) is 48.0 Å². The van der Waals surface area contributed by atoms with E-state index in [0.29, 0.717) is 0 Å². The fourth-order valence-corrected chi connectivity index (χ4v) is 3.63. The lowest BCUT2D eigenvalue weighted by molar-refractivity contribution is 0.581. The summed E-state index contributed by atoms with van der Waals surface area (Å²) < 4.78 is 4.40. The number of nitrogens with one attached hydrogen (secondary N) is 1. The molecular weight excluding hydrogens is 356 g/mol. The van der Waals surface area contributed by atoms with E-state index in [0.717, 1.165) is 43.2 Å². The minimum Gasteiger partial charge on any atom is -0.343 e. The molecule has 5 heteroatoms. The Hall–Kier alpha value is -2.56. The Kier molecular flexibility index (Phi) is 5.56. The Morgan fingerprint density at radius 1 is 1.00 bits per heavy atom. The highest BCUT2D eigenvalue weighted by Crippen LogP contribution is 2.24. The number of para-hydroxylation sites is 1. The van der Waals surface area contributed by atoms with Crippen LogP contribution in [0.25, 0.3) is 10.9 Å². The molecule has 0 atom stereocenters. The summed E-state index contributed by atoms with van der Waals surface area (Å²) >= 11 is 6.36. The SMILES string of the molecule is Clc1ccccc1Cn1cc(CNCCCn2ccnc2)c2ccccc21. The highest BCUT2D eigenvalue weighted by molar-refractivity contribution is 6.31. The van der Waals surface area contributed by atoms with Gasteiger partial charge in [0.1, 0.15) is 0 Å². The van der Waals surface area contributed by atoms with Crippen LogP contribution in [0.5, 0.6) is 0 Å². The van der Waals surface area contributed by atoms with Gasteiger partial charge in [0.25, 0.3) is 0 Å². The molecule has 0 aliphatic carbocycles. The van der Waals surface area contributed by atoms with Crippen molar-refractivity contribution < 1.29 is 0 Å². The molecule has 0 bridgehead atoms. The van der Waals surface area contributed by atoms with Crippen LogP contribution in [0.4, 0.5) is 0 Å². The van der Waals surface area contributed by atoms with Gasteiger partial charge in [-0.2, -0.15) is 0 Å². The quantitative estimate of drug-likeness (QED) is 0.450. The molecule has 2 heterocycles. The van der Waals surface area contributed by atoms with Crippen molar-refractivity contribution in [1.29, 1.82) is 0 Å². The first-order valence-electron chi connectivity index (χ1n) is 9.28. The molecule has 0 aliphatic heterocycles. The molecule has 0 saturated carbocycles. The zero-order valence-corrected chi connectivity index (χ0v) is 15.9. The van der Waals surface area contributed by atoms with Crippen LogP contribution in [0, 0.1) is 0 Å². The highest BCUT2D eigenvalue weighted by Gasteiger charge is 2.09. The van der Waals surface area contributed by atoms with Gasteiger partial charge in [0.2, 0.25) is 0 Å². The molecule has 0 radical (unpaired) electrons. The number of fused-ring (bicyclic) bond motifs is 1. The van der Waals surface area contributed by atoms with E-state index >= 15 is 0 Å². The van der Waals surface area contributed by atoms with Crippen LogP contribution in [0.1, 0.15) is 17.5 Å². The van der Waals surface area contributed by atoms with Gasteiger partial charge in [0.05, 0.1) is 6.33 Å². The molecule has 0 saturated heterocycles. The Bertz CT molecular complexity index is 1000. The summed E-state index contributed by atoms with van der Waals surface area (Å²) in [5.41, 5.74) is 3.70. The molecule has 138 valence electrons. The lowest BCUT2D eigenvalue weighted by atomic mass is 10.2. The van der Waals surface area contributed by atoms with Crippen molar-refractivity contribution in [2.24, 2.45) is 0 Å². The summed E-state index contributed by atoms with van der Waals surface area (Å²) in [6.45, 7) is 3.60. The molecular formula is C22H23ClN4. The van der Waals surface area contributed by atoms with E-state index < -0.39 is 0 Å². The van der Waals surface area contributed by atoms with Gasteiger partial charge in [0, 0.05) is 54.2 Å². The number of benzene rings is 2. The second kappa shape index (κ2) is 8.42. The van der Waals surface area contributed by atoms with Gasteiger partial charge in [-0.15, -0.1) is 0 Å². The van der Waals surface area contributed by atoms with Crippen molar-refractivity contribution in [3.05, 3.63) is 89.6 Å². The largest absolute Gasteiger partial charge is 0.343 e. The summed E-state index contributed by atoms with van der Waals surface area (Å²) in [7, 11) is 0. The summed E-state index contributed by atoms with van der Waals surface area (Å²) in [6, 6.07) is 16.6. The van der Waals surface area contributed by atoms with Gasteiger partial charge < -0.3 is 14.5 Å². The van der Waals surface area contributed by atoms with Crippen molar-refractivity contribution >= 4 is 22.5 Å². The third-order valence-electron chi connectivity index (χ3n) is 4.81. The van der Waals surface area contributed by atoms with Crippen molar-refractivity contribution in [3.8, 4) is 0 Å². The highest BCUT2D eigenvalue weighted by atomic mass is 35.5. The number of hydrogen-bond donors (Lipinski definition) is 1. The van der Waals surface area contributed by atoms with Crippen LogP contribution in [-0.2, 0) is 19.6 Å². The van der Waals surface area contributed by atoms with E-state index in [-0.39, 0.29) is 0 Å².